The van der Waals surface area contributed by atoms with Gasteiger partial charge in [-0.05, 0) is 77.0 Å². The summed E-state index contributed by atoms with van der Waals surface area (Å²) < 4.78 is 10.6. The Kier molecular flexibility index (Phi) is 42.1. The number of ether oxygens (including phenoxy) is 2. The molecule has 0 fully saturated rings. The number of allylic oxidation sites excluding steroid dienone is 14. The van der Waals surface area contributed by atoms with Gasteiger partial charge in [-0.2, -0.15) is 0 Å². The molecule has 0 saturated heterocycles. The van der Waals surface area contributed by atoms with Crippen LogP contribution in [0, 0.1) is 0 Å². The number of unbranched alkanes of at least 4 members (excludes halogenated alkanes) is 17. The molecule has 0 unspecified atom stereocenters. The van der Waals surface area contributed by atoms with Crippen LogP contribution >= 0.6 is 0 Å². The Morgan fingerprint density at radius 1 is 0.444 bits per heavy atom. The summed E-state index contributed by atoms with van der Waals surface area (Å²) in [6.45, 7) is 3.95. The molecule has 0 amide bonds. The molecular weight excluding hydrogens is 669 g/mol. The molecule has 0 aliphatic rings. The van der Waals surface area contributed by atoms with Gasteiger partial charge in [-0.3, -0.25) is 9.59 Å². The summed E-state index contributed by atoms with van der Waals surface area (Å²) in [6.07, 6.45) is 60.9. The number of rotatable bonds is 39. The van der Waals surface area contributed by atoms with E-state index in [2.05, 4.69) is 86.8 Å². The fourth-order valence-electron chi connectivity index (χ4n) is 5.87. The zero-order valence-corrected chi connectivity index (χ0v) is 35.0. The van der Waals surface area contributed by atoms with E-state index in [4.69, 9.17) is 9.47 Å². The third kappa shape index (κ3) is 41.8. The average molecular weight is 751 g/mol. The van der Waals surface area contributed by atoms with Crippen molar-refractivity contribution in [1.82, 2.24) is 0 Å². The zero-order chi connectivity index (χ0) is 39.3. The van der Waals surface area contributed by atoms with E-state index in [9.17, 15) is 14.7 Å². The van der Waals surface area contributed by atoms with Gasteiger partial charge in [-0.25, -0.2) is 0 Å². The first-order valence-electron chi connectivity index (χ1n) is 22.1. The van der Waals surface area contributed by atoms with Crippen molar-refractivity contribution >= 4 is 11.9 Å². The van der Waals surface area contributed by atoms with Gasteiger partial charge in [0.25, 0.3) is 0 Å². The quantitative estimate of drug-likeness (QED) is 0.0385. The first kappa shape index (κ1) is 51.1. The molecule has 5 heteroatoms. The van der Waals surface area contributed by atoms with E-state index in [0.29, 0.717) is 12.8 Å². The van der Waals surface area contributed by atoms with Gasteiger partial charge in [-0.1, -0.05) is 189 Å². The minimum atomic E-state index is -0.807. The van der Waals surface area contributed by atoms with Crippen LogP contribution in [0.4, 0.5) is 0 Å². The lowest BCUT2D eigenvalue weighted by atomic mass is 10.0. The van der Waals surface area contributed by atoms with E-state index < -0.39 is 6.10 Å². The number of aliphatic hydroxyl groups is 1. The minimum Gasteiger partial charge on any atom is -0.462 e. The molecule has 1 N–H and O–H groups in total. The van der Waals surface area contributed by atoms with Crippen molar-refractivity contribution < 1.29 is 24.2 Å². The molecule has 0 rings (SSSR count). The second-order valence-corrected chi connectivity index (χ2v) is 14.4. The summed E-state index contributed by atoms with van der Waals surface area (Å²) in [6, 6.07) is 0. The number of esters is 2. The highest BCUT2D eigenvalue weighted by Crippen LogP contribution is 2.14. The predicted molar refractivity (Wildman–Crippen MR) is 233 cm³/mol. The standard InChI is InChI=1S/C49H82O5/c1-3-5-7-9-11-13-15-17-19-21-23-24-26-28-30-32-34-36-38-40-42-44-49(52)54-47(45-50)46-53-48(51)43-41-39-37-35-33-31-29-27-25-22-20-18-16-14-12-10-8-6-4-2/h6,8,12,14,17-20,25,27,31,33,37,39,47,50H,3-5,7,9-11,13,15-16,21-24,26,28-30,32,34-36,38,40-46H2,1-2H3/b8-6-,14-12-,19-17-,20-18-,27-25-,33-31-,39-37-/t47-/m0/s1. The summed E-state index contributed by atoms with van der Waals surface area (Å²) >= 11 is 0. The van der Waals surface area contributed by atoms with Crippen LogP contribution in [-0.2, 0) is 19.1 Å². The molecule has 54 heavy (non-hydrogen) atoms. The van der Waals surface area contributed by atoms with Gasteiger partial charge in [0.15, 0.2) is 6.10 Å². The third-order valence-electron chi connectivity index (χ3n) is 9.19. The van der Waals surface area contributed by atoms with Crippen molar-refractivity contribution in [2.75, 3.05) is 13.2 Å². The highest BCUT2D eigenvalue weighted by molar-refractivity contribution is 5.70. The fraction of sp³-hybridized carbons (Fsp3) is 0.673. The summed E-state index contributed by atoms with van der Waals surface area (Å²) in [7, 11) is 0. The van der Waals surface area contributed by atoms with Gasteiger partial charge in [0, 0.05) is 12.8 Å². The first-order valence-corrected chi connectivity index (χ1v) is 22.1. The van der Waals surface area contributed by atoms with Crippen LogP contribution in [0.1, 0.15) is 194 Å². The second-order valence-electron chi connectivity index (χ2n) is 14.4. The predicted octanol–water partition coefficient (Wildman–Crippen LogP) is 14.3. The van der Waals surface area contributed by atoms with Gasteiger partial charge in [0.2, 0.25) is 0 Å². The van der Waals surface area contributed by atoms with Crippen LogP contribution < -0.4 is 0 Å². The highest BCUT2D eigenvalue weighted by Gasteiger charge is 2.15. The normalized spacial score (nSPS) is 13.0. The second kappa shape index (κ2) is 44.5. The van der Waals surface area contributed by atoms with Crippen LogP contribution in [0.2, 0.25) is 0 Å². The molecule has 1 atom stereocenters. The number of aliphatic hydroxyl groups excluding tert-OH is 1. The minimum absolute atomic E-state index is 0.110. The maximum absolute atomic E-state index is 12.2. The number of hydrogen-bond donors (Lipinski definition) is 1. The third-order valence-corrected chi connectivity index (χ3v) is 9.19. The van der Waals surface area contributed by atoms with Gasteiger partial charge in [0.1, 0.15) is 6.61 Å². The lowest BCUT2D eigenvalue weighted by molar-refractivity contribution is -0.161. The molecule has 0 spiro atoms. The van der Waals surface area contributed by atoms with Crippen LogP contribution in [0.25, 0.3) is 0 Å². The van der Waals surface area contributed by atoms with E-state index >= 15 is 0 Å². The van der Waals surface area contributed by atoms with Crippen molar-refractivity contribution in [2.45, 2.75) is 200 Å². The van der Waals surface area contributed by atoms with Crippen molar-refractivity contribution in [3.8, 4) is 0 Å². The van der Waals surface area contributed by atoms with E-state index in [1.54, 1.807) is 0 Å². The molecule has 0 aliphatic heterocycles. The fourth-order valence-corrected chi connectivity index (χ4v) is 5.87. The Balaban J connectivity index is 3.65. The smallest absolute Gasteiger partial charge is 0.306 e. The van der Waals surface area contributed by atoms with Crippen molar-refractivity contribution in [3.63, 3.8) is 0 Å². The maximum Gasteiger partial charge on any atom is 0.306 e. The number of carbonyl (C=O) groups excluding carboxylic acids is 2. The molecule has 5 nitrogen and oxygen atoms in total. The Morgan fingerprint density at radius 2 is 0.833 bits per heavy atom. The summed E-state index contributed by atoms with van der Waals surface area (Å²) in [5.41, 5.74) is 0. The van der Waals surface area contributed by atoms with Crippen LogP contribution in [0.5, 0.6) is 0 Å². The van der Waals surface area contributed by atoms with E-state index in [0.717, 1.165) is 57.8 Å². The van der Waals surface area contributed by atoms with Crippen LogP contribution in [0.3, 0.4) is 0 Å². The van der Waals surface area contributed by atoms with Crippen LogP contribution in [0.15, 0.2) is 85.1 Å². The van der Waals surface area contributed by atoms with E-state index in [1.165, 1.54) is 103 Å². The van der Waals surface area contributed by atoms with E-state index in [1.807, 2.05) is 12.2 Å². The van der Waals surface area contributed by atoms with Crippen LogP contribution in [-0.4, -0.2) is 36.4 Å². The largest absolute Gasteiger partial charge is 0.462 e. The molecule has 0 saturated carbocycles. The Morgan fingerprint density at radius 3 is 1.28 bits per heavy atom. The molecule has 0 aromatic heterocycles. The van der Waals surface area contributed by atoms with Gasteiger partial charge >= 0.3 is 11.9 Å². The summed E-state index contributed by atoms with van der Waals surface area (Å²) in [5.74, 6) is -0.692. The lowest BCUT2D eigenvalue weighted by Crippen LogP contribution is -2.28. The molecule has 0 radical (unpaired) electrons. The molecule has 0 aliphatic carbocycles. The summed E-state index contributed by atoms with van der Waals surface area (Å²) in [4.78, 5) is 24.3. The maximum atomic E-state index is 12.2. The molecule has 0 aromatic carbocycles. The number of hydrogen-bond acceptors (Lipinski definition) is 5. The average Bonchev–Trinajstić information content (AvgIpc) is 3.17. The molecular formula is C49H82O5. The van der Waals surface area contributed by atoms with Crippen molar-refractivity contribution in [2.24, 2.45) is 0 Å². The first-order chi connectivity index (χ1) is 26.6. The Hall–Kier alpha value is -2.92. The Labute approximate surface area is 333 Å². The van der Waals surface area contributed by atoms with Gasteiger partial charge in [-0.15, -0.1) is 0 Å². The summed E-state index contributed by atoms with van der Waals surface area (Å²) in [5, 5.41) is 9.58. The topological polar surface area (TPSA) is 72.8 Å². The van der Waals surface area contributed by atoms with Crippen molar-refractivity contribution in [3.05, 3.63) is 85.1 Å². The van der Waals surface area contributed by atoms with E-state index in [-0.39, 0.29) is 31.6 Å². The monoisotopic (exact) mass is 751 g/mol. The van der Waals surface area contributed by atoms with Gasteiger partial charge < -0.3 is 14.6 Å². The molecule has 0 bridgehead atoms. The van der Waals surface area contributed by atoms with Crippen molar-refractivity contribution in [1.29, 1.82) is 0 Å². The zero-order valence-electron chi connectivity index (χ0n) is 35.0. The van der Waals surface area contributed by atoms with Gasteiger partial charge in [0.05, 0.1) is 6.61 Å². The SMILES string of the molecule is CC/C=C\C/C=C\C/C=C\C/C=C\C/C=C\C/C=C\CCC(=O)OC[C@H](CO)OC(=O)CCCCCCCCCCCCC/C=C\CCCCCCCC. The highest BCUT2D eigenvalue weighted by atomic mass is 16.6. The molecule has 308 valence electrons. The Bertz CT molecular complexity index is 1030. The molecule has 0 aromatic rings. The molecule has 0 heterocycles. The number of carbonyl (C=O) groups is 2. The lowest BCUT2D eigenvalue weighted by Gasteiger charge is -2.15.